The first kappa shape index (κ1) is 72.9. The molecule has 0 aromatic rings. The molecule has 3 N–H and O–H groups in total. The van der Waals surface area contributed by atoms with E-state index in [1.54, 1.807) is 6.08 Å². The van der Waals surface area contributed by atoms with Crippen molar-refractivity contribution < 1.29 is 15.0 Å². The first-order chi connectivity index (χ1) is 36.7. The van der Waals surface area contributed by atoms with Gasteiger partial charge in [-0.2, -0.15) is 0 Å². The van der Waals surface area contributed by atoms with Crippen molar-refractivity contribution in [2.45, 2.75) is 411 Å². The molecule has 0 saturated carbocycles. The topological polar surface area (TPSA) is 69.6 Å². The van der Waals surface area contributed by atoms with E-state index in [4.69, 9.17) is 0 Å². The minimum atomic E-state index is -0.861. The van der Waals surface area contributed by atoms with Gasteiger partial charge in [-0.1, -0.05) is 385 Å². The van der Waals surface area contributed by atoms with Gasteiger partial charge < -0.3 is 15.5 Å². The van der Waals surface area contributed by atoms with Gasteiger partial charge in [0, 0.05) is 6.42 Å². The van der Waals surface area contributed by atoms with Crippen molar-refractivity contribution in [2.75, 3.05) is 6.61 Å². The van der Waals surface area contributed by atoms with Crippen LogP contribution in [-0.2, 0) is 4.79 Å². The summed E-state index contributed by atoms with van der Waals surface area (Å²) in [5.74, 6) is -0.0647. The molecule has 0 rings (SSSR count). The van der Waals surface area contributed by atoms with Gasteiger partial charge in [0.05, 0.1) is 18.8 Å². The van der Waals surface area contributed by atoms with Gasteiger partial charge >= 0.3 is 0 Å². The number of rotatable bonds is 65. The van der Waals surface area contributed by atoms with Crippen molar-refractivity contribution in [2.24, 2.45) is 0 Å². The van der Waals surface area contributed by atoms with E-state index in [9.17, 15) is 15.0 Å². The van der Waals surface area contributed by atoms with Crippen molar-refractivity contribution in [1.82, 2.24) is 5.32 Å². The number of hydrogen-bond donors (Lipinski definition) is 3. The zero-order chi connectivity index (χ0) is 53.4. The van der Waals surface area contributed by atoms with E-state index in [-0.39, 0.29) is 12.5 Å². The Balaban J connectivity index is 3.38. The molecule has 2 atom stereocenters. The lowest BCUT2D eigenvalue weighted by Crippen LogP contribution is -2.45. The molecule has 0 radical (unpaired) electrons. The fraction of sp³-hybridized carbons (Fsp3) is 0.929. The average molecular weight is 1040 g/mol. The normalized spacial score (nSPS) is 12.8. The summed E-state index contributed by atoms with van der Waals surface area (Å²) in [6, 6.07) is -0.637. The summed E-state index contributed by atoms with van der Waals surface area (Å²) >= 11 is 0. The third-order valence-corrected chi connectivity index (χ3v) is 16.4. The Labute approximate surface area is 466 Å². The number of allylic oxidation sites excluding steroid dienone is 3. The molecule has 0 aliphatic carbocycles. The van der Waals surface area contributed by atoms with E-state index >= 15 is 0 Å². The smallest absolute Gasteiger partial charge is 0.220 e. The maximum Gasteiger partial charge on any atom is 0.220 e. The van der Waals surface area contributed by atoms with Crippen LogP contribution in [0.3, 0.4) is 0 Å². The van der Waals surface area contributed by atoms with Crippen LogP contribution >= 0.6 is 0 Å². The Morgan fingerprint density at radius 2 is 0.527 bits per heavy atom. The zero-order valence-corrected chi connectivity index (χ0v) is 50.9. The fourth-order valence-electron chi connectivity index (χ4n) is 11.2. The largest absolute Gasteiger partial charge is 0.394 e. The Bertz CT molecular complexity index is 1090. The van der Waals surface area contributed by atoms with Crippen LogP contribution in [-0.4, -0.2) is 34.9 Å². The Morgan fingerprint density at radius 1 is 0.311 bits per heavy atom. The first-order valence-corrected chi connectivity index (χ1v) is 34.6. The third-order valence-electron chi connectivity index (χ3n) is 16.4. The molecule has 440 valence electrons. The van der Waals surface area contributed by atoms with Crippen molar-refractivity contribution in [3.8, 4) is 0 Å². The Morgan fingerprint density at radius 3 is 0.784 bits per heavy atom. The summed E-state index contributed by atoms with van der Waals surface area (Å²) in [6.45, 7) is 4.35. The number of aliphatic hydroxyl groups is 2. The summed E-state index contributed by atoms with van der Waals surface area (Å²) in [6.07, 6.45) is 89.9. The van der Waals surface area contributed by atoms with Gasteiger partial charge in [-0.15, -0.1) is 0 Å². The molecule has 0 bridgehead atoms. The molecule has 74 heavy (non-hydrogen) atoms. The number of amides is 1. The second-order valence-electron chi connectivity index (χ2n) is 24.0. The van der Waals surface area contributed by atoms with Crippen LogP contribution in [0.1, 0.15) is 399 Å². The fourth-order valence-corrected chi connectivity index (χ4v) is 11.2. The lowest BCUT2D eigenvalue weighted by molar-refractivity contribution is -0.123. The molecular weight excluding hydrogens is 903 g/mol. The minimum Gasteiger partial charge on any atom is -0.394 e. The van der Waals surface area contributed by atoms with Gasteiger partial charge in [0.1, 0.15) is 0 Å². The molecule has 0 spiro atoms. The second-order valence-corrected chi connectivity index (χ2v) is 24.0. The highest BCUT2D eigenvalue weighted by atomic mass is 16.3. The minimum absolute atomic E-state index is 0.0647. The van der Waals surface area contributed by atoms with Crippen LogP contribution < -0.4 is 5.32 Å². The van der Waals surface area contributed by atoms with Crippen LogP contribution in [0.5, 0.6) is 0 Å². The van der Waals surface area contributed by atoms with Crippen molar-refractivity contribution >= 4 is 5.91 Å². The molecule has 0 aliphatic heterocycles. The average Bonchev–Trinajstić information content (AvgIpc) is 3.40. The highest BCUT2D eigenvalue weighted by Gasteiger charge is 2.18. The van der Waals surface area contributed by atoms with E-state index < -0.39 is 12.1 Å². The van der Waals surface area contributed by atoms with Gasteiger partial charge in [0.25, 0.3) is 0 Å². The third kappa shape index (κ3) is 61.7. The van der Waals surface area contributed by atoms with Gasteiger partial charge in [-0.05, 0) is 32.1 Å². The summed E-state index contributed by atoms with van der Waals surface area (Å²) in [4.78, 5) is 12.5. The maximum absolute atomic E-state index is 12.5. The monoisotopic (exact) mass is 1040 g/mol. The molecular formula is C70H137NO3. The highest BCUT2D eigenvalue weighted by Crippen LogP contribution is 2.19. The van der Waals surface area contributed by atoms with Gasteiger partial charge in [-0.3, -0.25) is 4.79 Å². The second kappa shape index (κ2) is 66.2. The number of carbonyl (C=O) groups excluding carboxylic acids is 1. The van der Waals surface area contributed by atoms with E-state index in [1.165, 1.54) is 347 Å². The van der Waals surface area contributed by atoms with E-state index in [0.29, 0.717) is 6.42 Å². The SMILES string of the molecule is CCCCCCCCCCCCCCCCCC/C=C/CC/C=C/C(O)C(CO)NC(=O)CCCCCCCCCCCCCCCCCCCCCCCCCCCCCCCCCCCCCCCCCC. The van der Waals surface area contributed by atoms with E-state index in [1.807, 2.05) is 6.08 Å². The summed E-state index contributed by atoms with van der Waals surface area (Å²) in [5, 5.41) is 23.2. The maximum atomic E-state index is 12.5. The Hall–Kier alpha value is -1.13. The van der Waals surface area contributed by atoms with Crippen LogP contribution in [0.25, 0.3) is 0 Å². The summed E-state index contributed by atoms with van der Waals surface area (Å²) in [5.41, 5.74) is 0. The lowest BCUT2D eigenvalue weighted by Gasteiger charge is -2.19. The standard InChI is InChI=1S/C70H137NO3/c1-3-5-7-9-11-13-15-17-19-21-23-25-27-28-29-30-31-32-33-34-35-36-37-38-39-40-41-42-43-44-46-48-50-52-54-56-58-60-62-64-66-70(74)71-68(67-72)69(73)65-63-61-59-57-55-53-51-49-47-45-26-24-22-20-18-16-14-12-10-8-6-4-2/h55,57,63,65,68-69,72-73H,3-54,56,58-62,64,66-67H2,1-2H3,(H,71,74)/b57-55+,65-63+. The number of nitrogens with one attached hydrogen (secondary N) is 1. The van der Waals surface area contributed by atoms with Gasteiger partial charge in [0.2, 0.25) is 5.91 Å². The predicted octanol–water partition coefficient (Wildman–Crippen LogP) is 23.4. The van der Waals surface area contributed by atoms with E-state index in [0.717, 1.165) is 32.1 Å². The summed E-state index contributed by atoms with van der Waals surface area (Å²) < 4.78 is 0. The summed E-state index contributed by atoms with van der Waals surface area (Å²) in [7, 11) is 0. The molecule has 4 heteroatoms. The molecule has 0 fully saturated rings. The molecule has 0 heterocycles. The van der Waals surface area contributed by atoms with Crippen LogP contribution in [0.4, 0.5) is 0 Å². The highest BCUT2D eigenvalue weighted by molar-refractivity contribution is 5.76. The first-order valence-electron chi connectivity index (χ1n) is 34.6. The van der Waals surface area contributed by atoms with Crippen molar-refractivity contribution in [1.29, 1.82) is 0 Å². The lowest BCUT2D eigenvalue weighted by atomic mass is 10.0. The Kier molecular flexibility index (Phi) is 65.1. The van der Waals surface area contributed by atoms with Crippen LogP contribution in [0.15, 0.2) is 24.3 Å². The molecule has 1 amide bonds. The molecule has 0 saturated heterocycles. The molecule has 0 aromatic carbocycles. The number of unbranched alkanes of at least 4 members (excludes halogenated alkanes) is 56. The van der Waals surface area contributed by atoms with Crippen molar-refractivity contribution in [3.05, 3.63) is 24.3 Å². The molecule has 4 nitrogen and oxygen atoms in total. The van der Waals surface area contributed by atoms with Crippen molar-refractivity contribution in [3.63, 3.8) is 0 Å². The van der Waals surface area contributed by atoms with Crippen LogP contribution in [0.2, 0.25) is 0 Å². The molecule has 2 unspecified atom stereocenters. The zero-order valence-electron chi connectivity index (χ0n) is 50.9. The number of carbonyl (C=O) groups is 1. The predicted molar refractivity (Wildman–Crippen MR) is 332 cm³/mol. The number of hydrogen-bond acceptors (Lipinski definition) is 3. The van der Waals surface area contributed by atoms with Gasteiger partial charge in [-0.25, -0.2) is 0 Å². The molecule has 0 aliphatic rings. The van der Waals surface area contributed by atoms with Crippen LogP contribution in [0, 0.1) is 0 Å². The quantitative estimate of drug-likeness (QED) is 0.0420. The molecule has 0 aromatic heterocycles. The van der Waals surface area contributed by atoms with E-state index in [2.05, 4.69) is 31.3 Å². The van der Waals surface area contributed by atoms with Gasteiger partial charge in [0.15, 0.2) is 0 Å². The number of aliphatic hydroxyl groups excluding tert-OH is 2.